The Kier molecular flexibility index (Phi) is 6.32. The number of amides is 2. The number of para-hydroxylation sites is 1. The zero-order valence-electron chi connectivity index (χ0n) is 19.4. The molecule has 36 heavy (non-hydrogen) atoms. The number of nitrogens with zero attached hydrogens (tertiary/aromatic N) is 2. The Balaban J connectivity index is 1.57. The Morgan fingerprint density at radius 2 is 1.67 bits per heavy atom. The van der Waals surface area contributed by atoms with Crippen molar-refractivity contribution in [3.63, 3.8) is 0 Å². The highest BCUT2D eigenvalue weighted by Gasteiger charge is 2.35. The van der Waals surface area contributed by atoms with E-state index in [4.69, 9.17) is 9.84 Å². The maximum atomic E-state index is 13.7. The molecule has 2 heterocycles. The molecule has 1 aromatic heterocycles. The van der Waals surface area contributed by atoms with Gasteiger partial charge in [-0.3, -0.25) is 0 Å². The van der Waals surface area contributed by atoms with Gasteiger partial charge in [0.15, 0.2) is 0 Å². The van der Waals surface area contributed by atoms with Crippen molar-refractivity contribution in [1.82, 2.24) is 20.4 Å². The summed E-state index contributed by atoms with van der Waals surface area (Å²) in [5.41, 5.74) is 4.02. The van der Waals surface area contributed by atoms with E-state index in [1.165, 1.54) is 12.1 Å². The number of carbonyl (C=O) groups is 2. The van der Waals surface area contributed by atoms with Crippen LogP contribution < -0.4 is 10.6 Å². The van der Waals surface area contributed by atoms with E-state index in [9.17, 15) is 14.0 Å². The summed E-state index contributed by atoms with van der Waals surface area (Å²) in [4.78, 5) is 25.8. The first-order valence-corrected chi connectivity index (χ1v) is 11.4. The molecular weight excluding hydrogens is 459 g/mol. The van der Waals surface area contributed by atoms with Crippen molar-refractivity contribution in [1.29, 1.82) is 0 Å². The topological polar surface area (TPSA) is 85.2 Å². The molecule has 4 aromatic rings. The van der Waals surface area contributed by atoms with Crippen LogP contribution in [0.15, 0.2) is 102 Å². The molecule has 1 aliphatic rings. The van der Waals surface area contributed by atoms with Gasteiger partial charge in [0.2, 0.25) is 0 Å². The number of rotatable bonds is 6. The zero-order chi connectivity index (χ0) is 25.1. The highest BCUT2D eigenvalue weighted by atomic mass is 19.1. The van der Waals surface area contributed by atoms with E-state index in [0.29, 0.717) is 22.5 Å². The molecule has 0 bridgehead atoms. The van der Waals surface area contributed by atoms with Gasteiger partial charge in [0.05, 0.1) is 23.0 Å². The molecule has 1 aliphatic heterocycles. The summed E-state index contributed by atoms with van der Waals surface area (Å²) in [6.45, 7) is 1.75. The second kappa shape index (κ2) is 9.87. The average molecular weight is 483 g/mol. The maximum Gasteiger partial charge on any atom is 0.338 e. The highest BCUT2D eigenvalue weighted by Crippen LogP contribution is 2.35. The minimum atomic E-state index is -0.834. The van der Waals surface area contributed by atoms with Crippen LogP contribution in [0.1, 0.15) is 24.1 Å². The van der Waals surface area contributed by atoms with E-state index < -0.39 is 18.0 Å². The number of esters is 1. The Labute approximate surface area is 207 Å². The first kappa shape index (κ1) is 23.0. The van der Waals surface area contributed by atoms with Gasteiger partial charge in [0.1, 0.15) is 12.4 Å². The summed E-state index contributed by atoms with van der Waals surface area (Å²) >= 11 is 0. The van der Waals surface area contributed by atoms with Crippen molar-refractivity contribution in [3.8, 4) is 16.9 Å². The fourth-order valence-electron chi connectivity index (χ4n) is 4.14. The number of allylic oxidation sites excluding steroid dienone is 1. The fraction of sp³-hybridized carbons (Fsp3) is 0.107. The van der Waals surface area contributed by atoms with Crippen LogP contribution in [0.3, 0.4) is 0 Å². The number of urea groups is 1. The van der Waals surface area contributed by atoms with Gasteiger partial charge in [-0.1, -0.05) is 48.5 Å². The second-order valence-corrected chi connectivity index (χ2v) is 8.35. The van der Waals surface area contributed by atoms with E-state index in [1.807, 2.05) is 60.7 Å². The van der Waals surface area contributed by atoms with Crippen LogP contribution in [-0.2, 0) is 16.1 Å². The third-order valence-corrected chi connectivity index (χ3v) is 5.89. The van der Waals surface area contributed by atoms with Gasteiger partial charge in [-0.25, -0.2) is 18.7 Å². The number of nitrogens with one attached hydrogen (secondary N) is 2. The summed E-state index contributed by atoms with van der Waals surface area (Å²) in [6, 6.07) is 23.4. The number of aromatic nitrogens is 2. The number of hydrogen-bond donors (Lipinski definition) is 2. The average Bonchev–Trinajstić information content (AvgIpc) is 3.34. The highest BCUT2D eigenvalue weighted by molar-refractivity contribution is 5.95. The number of benzene rings is 3. The zero-order valence-corrected chi connectivity index (χ0v) is 19.4. The Morgan fingerprint density at radius 3 is 2.36 bits per heavy atom. The number of ether oxygens (including phenoxy) is 1. The molecule has 2 N–H and O–H groups in total. The van der Waals surface area contributed by atoms with Crippen molar-refractivity contribution >= 4 is 12.0 Å². The lowest BCUT2D eigenvalue weighted by atomic mass is 9.94. The third-order valence-electron chi connectivity index (χ3n) is 5.89. The summed E-state index contributed by atoms with van der Waals surface area (Å²) < 4.78 is 20.9. The molecule has 0 unspecified atom stereocenters. The quantitative estimate of drug-likeness (QED) is 0.377. The first-order chi connectivity index (χ1) is 17.5. The van der Waals surface area contributed by atoms with Crippen LogP contribution in [0.2, 0.25) is 0 Å². The van der Waals surface area contributed by atoms with Gasteiger partial charge in [0, 0.05) is 23.0 Å². The molecule has 0 aliphatic carbocycles. The molecule has 0 saturated carbocycles. The van der Waals surface area contributed by atoms with Gasteiger partial charge >= 0.3 is 12.0 Å². The van der Waals surface area contributed by atoms with Crippen molar-refractivity contribution in [3.05, 3.63) is 119 Å². The molecule has 5 rings (SSSR count). The van der Waals surface area contributed by atoms with Crippen molar-refractivity contribution in [2.75, 3.05) is 0 Å². The van der Waals surface area contributed by atoms with E-state index in [0.717, 1.165) is 11.3 Å². The van der Waals surface area contributed by atoms with Crippen molar-refractivity contribution < 1.29 is 18.7 Å². The van der Waals surface area contributed by atoms with Gasteiger partial charge in [-0.05, 0) is 48.9 Å². The smallest absolute Gasteiger partial charge is 0.338 e. The third kappa shape index (κ3) is 4.74. The largest absolute Gasteiger partial charge is 0.457 e. The van der Waals surface area contributed by atoms with Crippen LogP contribution >= 0.6 is 0 Å². The molecule has 0 fully saturated rings. The Hall–Kier alpha value is -4.72. The predicted octanol–water partition coefficient (Wildman–Crippen LogP) is 5.05. The van der Waals surface area contributed by atoms with Crippen LogP contribution in [0.4, 0.5) is 9.18 Å². The fourth-order valence-corrected chi connectivity index (χ4v) is 4.14. The summed E-state index contributed by atoms with van der Waals surface area (Å²) in [7, 11) is 0. The molecule has 2 amide bonds. The lowest BCUT2D eigenvalue weighted by Gasteiger charge is -2.28. The van der Waals surface area contributed by atoms with Crippen molar-refractivity contribution in [2.45, 2.75) is 19.6 Å². The lowest BCUT2D eigenvalue weighted by Crippen LogP contribution is -2.45. The minimum Gasteiger partial charge on any atom is -0.457 e. The van der Waals surface area contributed by atoms with E-state index in [1.54, 1.807) is 29.9 Å². The Bertz CT molecular complexity index is 1430. The van der Waals surface area contributed by atoms with Gasteiger partial charge in [-0.15, -0.1) is 0 Å². The van der Waals surface area contributed by atoms with Gasteiger partial charge in [-0.2, -0.15) is 5.10 Å². The lowest BCUT2D eigenvalue weighted by molar-refractivity contribution is -0.140. The van der Waals surface area contributed by atoms with E-state index >= 15 is 0 Å². The van der Waals surface area contributed by atoms with Crippen LogP contribution in [-0.4, -0.2) is 21.8 Å². The molecule has 8 heteroatoms. The monoisotopic (exact) mass is 482 g/mol. The Morgan fingerprint density at radius 1 is 1.00 bits per heavy atom. The first-order valence-electron chi connectivity index (χ1n) is 11.4. The van der Waals surface area contributed by atoms with Gasteiger partial charge < -0.3 is 15.4 Å². The summed E-state index contributed by atoms with van der Waals surface area (Å²) in [5.74, 6) is -0.940. The second-order valence-electron chi connectivity index (χ2n) is 8.35. The van der Waals surface area contributed by atoms with Crippen molar-refractivity contribution in [2.24, 2.45) is 0 Å². The molecule has 0 radical (unpaired) electrons. The number of hydrogen-bond acceptors (Lipinski definition) is 4. The SMILES string of the molecule is CC1=C(C(=O)OCc2ccccc2)[C@@H](c2cn(-c3ccccc3)nc2-c2ccc(F)cc2)NC(=O)N1. The van der Waals surface area contributed by atoms with Crippen LogP contribution in [0.5, 0.6) is 0 Å². The van der Waals surface area contributed by atoms with Gasteiger partial charge in [0.25, 0.3) is 0 Å². The molecule has 180 valence electrons. The molecule has 1 atom stereocenters. The molecule has 3 aromatic carbocycles. The molecular formula is C28H23FN4O3. The molecule has 0 spiro atoms. The normalized spacial score (nSPS) is 15.3. The van der Waals surface area contributed by atoms with E-state index in [2.05, 4.69) is 10.6 Å². The summed E-state index contributed by atoms with van der Waals surface area (Å²) in [6.07, 6.45) is 1.77. The predicted molar refractivity (Wildman–Crippen MR) is 132 cm³/mol. The molecule has 0 saturated heterocycles. The van der Waals surface area contributed by atoms with E-state index in [-0.39, 0.29) is 18.0 Å². The number of carbonyl (C=O) groups excluding carboxylic acids is 2. The minimum absolute atomic E-state index is 0.0885. The molecule has 7 nitrogen and oxygen atoms in total. The number of halogens is 1. The maximum absolute atomic E-state index is 13.7. The standard InChI is InChI=1S/C28H23FN4O3/c1-18-24(27(34)36-17-19-8-4-2-5-9-19)26(31-28(35)30-18)23-16-33(22-10-6-3-7-11-22)32-25(23)20-12-14-21(29)15-13-20/h2-16,26H,17H2,1H3,(H2,30,31,35)/t26-/m1/s1. The van der Waals surface area contributed by atoms with Crippen LogP contribution in [0, 0.1) is 5.82 Å². The van der Waals surface area contributed by atoms with Crippen LogP contribution in [0.25, 0.3) is 16.9 Å². The summed E-state index contributed by atoms with van der Waals surface area (Å²) in [5, 5.41) is 10.2.